The molecule has 1 atom stereocenters. The van der Waals surface area contributed by atoms with Gasteiger partial charge in [0.25, 0.3) is 5.91 Å². The summed E-state index contributed by atoms with van der Waals surface area (Å²) in [6, 6.07) is 23.0. The van der Waals surface area contributed by atoms with Crippen LogP contribution in [0.15, 0.2) is 72.8 Å². The van der Waals surface area contributed by atoms with E-state index < -0.39 is 18.0 Å². The van der Waals surface area contributed by atoms with Crippen LogP contribution in [0.1, 0.15) is 28.7 Å². The molecule has 0 radical (unpaired) electrons. The van der Waals surface area contributed by atoms with Crippen molar-refractivity contribution in [3.63, 3.8) is 0 Å². The zero-order valence-electron chi connectivity index (χ0n) is 17.6. The summed E-state index contributed by atoms with van der Waals surface area (Å²) in [7, 11) is 0. The smallest absolute Gasteiger partial charge is 0.342 e. The molecule has 0 saturated heterocycles. The predicted molar refractivity (Wildman–Crippen MR) is 120 cm³/mol. The van der Waals surface area contributed by atoms with E-state index in [0.29, 0.717) is 22.6 Å². The number of carbonyl (C=O) groups excluding carboxylic acids is 2. The number of anilines is 1. The van der Waals surface area contributed by atoms with Crippen LogP contribution in [-0.4, -0.2) is 27.8 Å². The molecule has 6 heteroatoms. The van der Waals surface area contributed by atoms with Crippen LogP contribution in [0.25, 0.3) is 16.5 Å². The molecule has 4 aromatic rings. The Morgan fingerprint density at radius 2 is 1.61 bits per heavy atom. The summed E-state index contributed by atoms with van der Waals surface area (Å²) in [6.45, 7) is 5.12. The number of rotatable bonds is 5. The Labute approximate surface area is 180 Å². The fourth-order valence-corrected chi connectivity index (χ4v) is 3.60. The van der Waals surface area contributed by atoms with Crippen molar-refractivity contribution >= 4 is 28.3 Å². The number of aromatic nitrogens is 2. The third kappa shape index (κ3) is 4.05. The molecular weight excluding hydrogens is 390 g/mol. The van der Waals surface area contributed by atoms with E-state index in [4.69, 9.17) is 4.74 Å². The molecule has 3 aromatic carbocycles. The summed E-state index contributed by atoms with van der Waals surface area (Å²) < 4.78 is 7.19. The van der Waals surface area contributed by atoms with Gasteiger partial charge in [-0.15, -0.1) is 0 Å². The monoisotopic (exact) mass is 413 g/mol. The molecule has 0 aliphatic heterocycles. The van der Waals surface area contributed by atoms with E-state index in [1.165, 1.54) is 0 Å². The minimum Gasteiger partial charge on any atom is -0.449 e. The number of benzene rings is 3. The molecule has 4 rings (SSSR count). The third-order valence-electron chi connectivity index (χ3n) is 5.20. The average Bonchev–Trinajstić information content (AvgIpc) is 3.08. The number of nitrogens with zero attached hydrogens (tertiary/aromatic N) is 2. The van der Waals surface area contributed by atoms with Gasteiger partial charge in [-0.2, -0.15) is 5.10 Å². The van der Waals surface area contributed by atoms with Crippen LogP contribution < -0.4 is 5.32 Å². The Morgan fingerprint density at radius 3 is 2.39 bits per heavy atom. The molecule has 156 valence electrons. The molecule has 0 aliphatic carbocycles. The van der Waals surface area contributed by atoms with Gasteiger partial charge in [0.2, 0.25) is 0 Å². The standard InChI is InChI=1S/C25H23N3O3/c1-16-23(17(2)28(27-16)20-12-5-4-6-13-20)25(30)31-18(3)24(29)26-22-15-9-11-19-10-7-8-14-21(19)22/h4-15,18H,1-3H3,(H,26,29)/t18-/m0/s1. The van der Waals surface area contributed by atoms with E-state index in [0.717, 1.165) is 16.5 Å². The topological polar surface area (TPSA) is 73.2 Å². The number of hydrogen-bond acceptors (Lipinski definition) is 4. The maximum atomic E-state index is 12.9. The number of esters is 1. The number of amides is 1. The fraction of sp³-hybridized carbons (Fsp3) is 0.160. The van der Waals surface area contributed by atoms with Gasteiger partial charge in [0.1, 0.15) is 5.56 Å². The largest absolute Gasteiger partial charge is 0.449 e. The lowest BCUT2D eigenvalue weighted by Crippen LogP contribution is -2.30. The first-order chi connectivity index (χ1) is 15.0. The molecule has 0 bridgehead atoms. The lowest BCUT2D eigenvalue weighted by molar-refractivity contribution is -0.123. The molecule has 0 spiro atoms. The van der Waals surface area contributed by atoms with Crippen LogP contribution in [-0.2, 0) is 9.53 Å². The second-order valence-electron chi connectivity index (χ2n) is 7.36. The summed E-state index contributed by atoms with van der Waals surface area (Å²) in [4.78, 5) is 25.6. The first-order valence-corrected chi connectivity index (χ1v) is 10.1. The lowest BCUT2D eigenvalue weighted by atomic mass is 10.1. The number of aryl methyl sites for hydroxylation is 1. The summed E-state index contributed by atoms with van der Waals surface area (Å²) in [5, 5.41) is 9.28. The number of hydrogen-bond donors (Lipinski definition) is 1. The van der Waals surface area contributed by atoms with Crippen molar-refractivity contribution in [2.45, 2.75) is 26.9 Å². The number of ether oxygens (including phenoxy) is 1. The zero-order chi connectivity index (χ0) is 22.0. The maximum Gasteiger partial charge on any atom is 0.342 e. The Hall–Kier alpha value is -3.93. The molecule has 1 heterocycles. The van der Waals surface area contributed by atoms with E-state index in [-0.39, 0.29) is 0 Å². The average molecular weight is 413 g/mol. The van der Waals surface area contributed by atoms with Crippen molar-refractivity contribution in [1.29, 1.82) is 0 Å². The molecule has 0 saturated carbocycles. The molecular formula is C25H23N3O3. The predicted octanol–water partition coefficient (Wildman–Crippen LogP) is 4.83. The van der Waals surface area contributed by atoms with Gasteiger partial charge in [-0.25, -0.2) is 9.48 Å². The highest BCUT2D eigenvalue weighted by Gasteiger charge is 2.25. The van der Waals surface area contributed by atoms with E-state index in [1.54, 1.807) is 18.5 Å². The Morgan fingerprint density at radius 1 is 0.935 bits per heavy atom. The first-order valence-electron chi connectivity index (χ1n) is 10.1. The molecule has 1 aromatic heterocycles. The van der Waals surface area contributed by atoms with Crippen molar-refractivity contribution < 1.29 is 14.3 Å². The Kier molecular flexibility index (Phi) is 5.54. The number of carbonyl (C=O) groups is 2. The molecule has 0 unspecified atom stereocenters. The van der Waals surface area contributed by atoms with Crippen molar-refractivity contribution in [2.75, 3.05) is 5.32 Å². The Bertz CT molecular complexity index is 1260. The molecule has 31 heavy (non-hydrogen) atoms. The van der Waals surface area contributed by atoms with Gasteiger partial charge in [-0.1, -0.05) is 54.6 Å². The van der Waals surface area contributed by atoms with Crippen LogP contribution in [0, 0.1) is 13.8 Å². The number of fused-ring (bicyclic) bond motifs is 1. The molecule has 1 N–H and O–H groups in total. The highest BCUT2D eigenvalue weighted by Crippen LogP contribution is 2.24. The van der Waals surface area contributed by atoms with Gasteiger partial charge >= 0.3 is 5.97 Å². The summed E-state index contributed by atoms with van der Waals surface area (Å²) >= 11 is 0. The van der Waals surface area contributed by atoms with Crippen molar-refractivity contribution in [3.05, 3.63) is 89.7 Å². The zero-order valence-corrected chi connectivity index (χ0v) is 17.6. The number of para-hydroxylation sites is 1. The summed E-state index contributed by atoms with van der Waals surface area (Å²) in [5.74, 6) is -0.965. The first kappa shape index (κ1) is 20.3. The van der Waals surface area contributed by atoms with Gasteiger partial charge in [0, 0.05) is 11.1 Å². The van der Waals surface area contributed by atoms with Gasteiger partial charge in [-0.3, -0.25) is 4.79 Å². The second kappa shape index (κ2) is 8.44. The fourth-order valence-electron chi connectivity index (χ4n) is 3.60. The van der Waals surface area contributed by atoms with Crippen LogP contribution in [0.2, 0.25) is 0 Å². The lowest BCUT2D eigenvalue weighted by Gasteiger charge is -2.15. The van der Waals surface area contributed by atoms with Gasteiger partial charge < -0.3 is 10.1 Å². The van der Waals surface area contributed by atoms with Crippen molar-refractivity contribution in [3.8, 4) is 5.69 Å². The van der Waals surface area contributed by atoms with Crippen molar-refractivity contribution in [1.82, 2.24) is 9.78 Å². The molecule has 1 amide bonds. The normalized spacial score (nSPS) is 11.8. The van der Waals surface area contributed by atoms with E-state index >= 15 is 0 Å². The second-order valence-corrected chi connectivity index (χ2v) is 7.36. The van der Waals surface area contributed by atoms with E-state index in [2.05, 4.69) is 10.4 Å². The van der Waals surface area contributed by atoms with Crippen molar-refractivity contribution in [2.24, 2.45) is 0 Å². The molecule has 6 nitrogen and oxygen atoms in total. The van der Waals surface area contributed by atoms with Gasteiger partial charge in [-0.05, 0) is 44.4 Å². The van der Waals surface area contributed by atoms with Crippen LogP contribution >= 0.6 is 0 Å². The third-order valence-corrected chi connectivity index (χ3v) is 5.20. The summed E-state index contributed by atoms with van der Waals surface area (Å²) in [5.41, 5.74) is 3.11. The number of nitrogens with one attached hydrogen (secondary N) is 1. The molecule has 0 fully saturated rings. The van der Waals surface area contributed by atoms with Crippen LogP contribution in [0.5, 0.6) is 0 Å². The SMILES string of the molecule is Cc1nn(-c2ccccc2)c(C)c1C(=O)O[C@@H](C)C(=O)Nc1cccc2ccccc12. The van der Waals surface area contributed by atoms with Gasteiger partial charge in [0.15, 0.2) is 6.10 Å². The maximum absolute atomic E-state index is 12.9. The van der Waals surface area contributed by atoms with Gasteiger partial charge in [0.05, 0.1) is 17.1 Å². The van der Waals surface area contributed by atoms with Crippen LogP contribution in [0.4, 0.5) is 5.69 Å². The van der Waals surface area contributed by atoms with E-state index in [9.17, 15) is 9.59 Å². The van der Waals surface area contributed by atoms with Crippen LogP contribution in [0.3, 0.4) is 0 Å². The van der Waals surface area contributed by atoms with E-state index in [1.807, 2.05) is 79.7 Å². The summed E-state index contributed by atoms with van der Waals surface area (Å²) in [6.07, 6.45) is -0.967. The molecule has 0 aliphatic rings. The minimum absolute atomic E-state index is 0.369. The quantitative estimate of drug-likeness (QED) is 0.476. The Balaban J connectivity index is 1.51. The highest BCUT2D eigenvalue weighted by atomic mass is 16.5. The highest BCUT2D eigenvalue weighted by molar-refractivity contribution is 6.04. The minimum atomic E-state index is -0.967.